The zero-order valence-corrected chi connectivity index (χ0v) is 8.76. The summed E-state index contributed by atoms with van der Waals surface area (Å²) in [7, 11) is 0. The molecule has 1 aromatic rings. The van der Waals surface area contributed by atoms with Gasteiger partial charge in [-0.2, -0.15) is 0 Å². The number of hydrogen-bond acceptors (Lipinski definition) is 1. The highest BCUT2D eigenvalue weighted by molar-refractivity contribution is 5.23. The molecule has 1 atom stereocenters. The highest BCUT2D eigenvalue weighted by Gasteiger charge is 2.43. The first-order chi connectivity index (χ1) is 7.08. The summed E-state index contributed by atoms with van der Waals surface area (Å²) in [5.41, 5.74) is 2.13. The van der Waals surface area contributed by atoms with Gasteiger partial charge in [0.2, 0.25) is 0 Å². The molecule has 0 spiro atoms. The molecule has 1 heterocycles. The van der Waals surface area contributed by atoms with Crippen molar-refractivity contribution in [2.75, 3.05) is 13.1 Å². The molecule has 1 nitrogen and oxygen atoms in total. The van der Waals surface area contributed by atoms with E-state index in [1.807, 2.05) is 31.2 Å². The quantitative estimate of drug-likeness (QED) is 0.792. The summed E-state index contributed by atoms with van der Waals surface area (Å²) in [6, 6.07) is 7.80. The van der Waals surface area contributed by atoms with Gasteiger partial charge in [0, 0.05) is 12.5 Å². The molecular formula is C12H15F2N. The minimum absolute atomic E-state index is 0.177. The van der Waals surface area contributed by atoms with Crippen molar-refractivity contribution in [3.8, 4) is 0 Å². The normalized spacial score (nSPS) is 24.3. The Morgan fingerprint density at radius 3 is 2.87 bits per heavy atom. The molecule has 1 aliphatic rings. The summed E-state index contributed by atoms with van der Waals surface area (Å²) in [5, 5.41) is 2.75. The van der Waals surface area contributed by atoms with Crippen LogP contribution < -0.4 is 5.32 Å². The van der Waals surface area contributed by atoms with Crippen molar-refractivity contribution >= 4 is 0 Å². The molecule has 1 aliphatic heterocycles. The van der Waals surface area contributed by atoms with Crippen LogP contribution in [0.4, 0.5) is 8.78 Å². The van der Waals surface area contributed by atoms with Crippen LogP contribution in [-0.4, -0.2) is 19.0 Å². The maximum Gasteiger partial charge on any atom is 0.264 e. The molecule has 1 saturated heterocycles. The first-order valence-corrected chi connectivity index (χ1v) is 5.22. The Hall–Kier alpha value is -0.960. The minimum Gasteiger partial charge on any atom is -0.311 e. The van der Waals surface area contributed by atoms with E-state index in [-0.39, 0.29) is 6.54 Å². The van der Waals surface area contributed by atoms with E-state index in [1.54, 1.807) is 0 Å². The number of alkyl halides is 2. The summed E-state index contributed by atoms with van der Waals surface area (Å²) in [5.74, 6) is -3.11. The maximum absolute atomic E-state index is 13.3. The zero-order chi connectivity index (χ0) is 10.9. The van der Waals surface area contributed by atoms with E-state index >= 15 is 0 Å². The second kappa shape index (κ2) is 3.89. The molecular weight excluding hydrogens is 196 g/mol. The van der Waals surface area contributed by atoms with Crippen molar-refractivity contribution in [2.24, 2.45) is 5.92 Å². The minimum atomic E-state index is -2.55. The molecule has 2 rings (SSSR count). The van der Waals surface area contributed by atoms with E-state index in [4.69, 9.17) is 0 Å². The Morgan fingerprint density at radius 1 is 1.47 bits per heavy atom. The summed E-state index contributed by atoms with van der Waals surface area (Å²) in [4.78, 5) is 0. The van der Waals surface area contributed by atoms with Gasteiger partial charge in [0.05, 0.1) is 6.54 Å². The van der Waals surface area contributed by atoms with Gasteiger partial charge < -0.3 is 5.32 Å². The number of hydrogen-bond donors (Lipinski definition) is 1. The molecule has 15 heavy (non-hydrogen) atoms. The van der Waals surface area contributed by atoms with Gasteiger partial charge in [0.1, 0.15) is 0 Å². The van der Waals surface area contributed by atoms with Crippen LogP contribution in [0.2, 0.25) is 0 Å². The van der Waals surface area contributed by atoms with Crippen LogP contribution >= 0.6 is 0 Å². The maximum atomic E-state index is 13.3. The van der Waals surface area contributed by atoms with Gasteiger partial charge in [-0.1, -0.05) is 29.8 Å². The molecule has 1 aromatic carbocycles. The number of rotatable bonds is 2. The fourth-order valence-electron chi connectivity index (χ4n) is 2.05. The molecule has 1 unspecified atom stereocenters. The highest BCUT2D eigenvalue weighted by atomic mass is 19.3. The molecule has 0 amide bonds. The Kier molecular flexibility index (Phi) is 2.74. The smallest absolute Gasteiger partial charge is 0.264 e. The standard InChI is InChI=1S/C12H15F2N/c1-9-3-2-4-10(5-9)6-11-7-15-8-12(11,13)14/h2-5,11,15H,6-8H2,1H3. The van der Waals surface area contributed by atoms with Gasteiger partial charge in [0.25, 0.3) is 5.92 Å². The van der Waals surface area contributed by atoms with Crippen LogP contribution in [0, 0.1) is 12.8 Å². The lowest BCUT2D eigenvalue weighted by Crippen LogP contribution is -2.28. The van der Waals surface area contributed by atoms with Crippen LogP contribution in [-0.2, 0) is 6.42 Å². The SMILES string of the molecule is Cc1cccc(CC2CNCC2(F)F)c1. The molecule has 0 radical (unpaired) electrons. The average molecular weight is 211 g/mol. The van der Waals surface area contributed by atoms with E-state index in [0.29, 0.717) is 13.0 Å². The zero-order valence-electron chi connectivity index (χ0n) is 8.76. The third kappa shape index (κ3) is 2.34. The summed E-state index contributed by atoms with van der Waals surface area (Å²) >= 11 is 0. The lowest BCUT2D eigenvalue weighted by atomic mass is 9.95. The van der Waals surface area contributed by atoms with E-state index in [2.05, 4.69) is 5.32 Å². The van der Waals surface area contributed by atoms with Gasteiger partial charge in [-0.05, 0) is 18.9 Å². The molecule has 1 fully saturated rings. The first kappa shape index (κ1) is 10.6. The monoisotopic (exact) mass is 211 g/mol. The van der Waals surface area contributed by atoms with Gasteiger partial charge in [0.15, 0.2) is 0 Å². The van der Waals surface area contributed by atoms with Crippen LogP contribution in [0.3, 0.4) is 0 Å². The predicted octanol–water partition coefficient (Wildman–Crippen LogP) is 2.39. The fourth-order valence-corrected chi connectivity index (χ4v) is 2.05. The van der Waals surface area contributed by atoms with Crippen LogP contribution in [0.15, 0.2) is 24.3 Å². The van der Waals surface area contributed by atoms with Crippen molar-refractivity contribution in [2.45, 2.75) is 19.3 Å². The van der Waals surface area contributed by atoms with Crippen LogP contribution in [0.1, 0.15) is 11.1 Å². The van der Waals surface area contributed by atoms with E-state index in [1.165, 1.54) is 0 Å². The summed E-state index contributed by atoms with van der Waals surface area (Å²) in [6.45, 7) is 2.22. The van der Waals surface area contributed by atoms with Crippen LogP contribution in [0.25, 0.3) is 0 Å². The Balaban J connectivity index is 2.09. The topological polar surface area (TPSA) is 12.0 Å². The Morgan fingerprint density at radius 2 is 2.27 bits per heavy atom. The van der Waals surface area contributed by atoms with Crippen LogP contribution in [0.5, 0.6) is 0 Å². The molecule has 0 aliphatic carbocycles. The first-order valence-electron chi connectivity index (χ1n) is 5.22. The summed E-state index contributed by atoms with van der Waals surface area (Å²) in [6.07, 6.45) is 0.460. The van der Waals surface area contributed by atoms with E-state index < -0.39 is 11.8 Å². The fraction of sp³-hybridized carbons (Fsp3) is 0.500. The van der Waals surface area contributed by atoms with Crippen molar-refractivity contribution in [3.63, 3.8) is 0 Å². The molecule has 3 heteroatoms. The molecule has 0 bridgehead atoms. The summed E-state index contributed by atoms with van der Waals surface area (Å²) < 4.78 is 26.7. The van der Waals surface area contributed by atoms with Crippen molar-refractivity contribution in [1.29, 1.82) is 0 Å². The number of benzene rings is 1. The molecule has 0 aromatic heterocycles. The van der Waals surface area contributed by atoms with Crippen molar-refractivity contribution in [1.82, 2.24) is 5.32 Å². The lowest BCUT2D eigenvalue weighted by Gasteiger charge is -2.17. The predicted molar refractivity (Wildman–Crippen MR) is 56.2 cm³/mol. The van der Waals surface area contributed by atoms with Crippen molar-refractivity contribution in [3.05, 3.63) is 35.4 Å². The molecule has 82 valence electrons. The van der Waals surface area contributed by atoms with E-state index in [0.717, 1.165) is 11.1 Å². The third-order valence-electron chi connectivity index (χ3n) is 2.91. The molecule has 1 N–H and O–H groups in total. The molecule has 0 saturated carbocycles. The van der Waals surface area contributed by atoms with Crippen molar-refractivity contribution < 1.29 is 8.78 Å². The van der Waals surface area contributed by atoms with Gasteiger partial charge >= 0.3 is 0 Å². The third-order valence-corrected chi connectivity index (χ3v) is 2.91. The lowest BCUT2D eigenvalue weighted by molar-refractivity contribution is -0.0212. The van der Waals surface area contributed by atoms with Gasteiger partial charge in [-0.25, -0.2) is 8.78 Å². The van der Waals surface area contributed by atoms with E-state index in [9.17, 15) is 8.78 Å². The number of aryl methyl sites for hydroxylation is 1. The second-order valence-electron chi connectivity index (χ2n) is 4.28. The second-order valence-corrected chi connectivity index (χ2v) is 4.28. The Bertz CT molecular complexity index is 349. The number of nitrogens with one attached hydrogen (secondary N) is 1. The highest BCUT2D eigenvalue weighted by Crippen LogP contribution is 2.30. The Labute approximate surface area is 88.5 Å². The largest absolute Gasteiger partial charge is 0.311 e. The number of halogens is 2. The average Bonchev–Trinajstić information content (AvgIpc) is 2.46. The van der Waals surface area contributed by atoms with Gasteiger partial charge in [-0.15, -0.1) is 0 Å². The van der Waals surface area contributed by atoms with Gasteiger partial charge in [-0.3, -0.25) is 0 Å².